The summed E-state index contributed by atoms with van der Waals surface area (Å²) in [5.41, 5.74) is 5.81. The van der Waals surface area contributed by atoms with E-state index in [0.717, 1.165) is 25.9 Å². The standard InChI is InChI=1S/C14H27N3O.2ClH/c1-11(12(2)15)14(18)17-9-5-13(6-10-17)16-7-3-4-8-16;;/h11-13H,3-10,15H2,1-2H3;2*1H. The van der Waals surface area contributed by atoms with E-state index in [1.165, 1.54) is 25.9 Å². The Morgan fingerprint density at radius 2 is 1.55 bits per heavy atom. The lowest BCUT2D eigenvalue weighted by atomic mass is 9.98. The van der Waals surface area contributed by atoms with E-state index in [9.17, 15) is 4.79 Å². The molecule has 0 radical (unpaired) electrons. The Morgan fingerprint density at radius 1 is 1.05 bits per heavy atom. The fourth-order valence-corrected chi connectivity index (χ4v) is 3.07. The molecule has 2 atom stereocenters. The molecule has 2 saturated heterocycles. The summed E-state index contributed by atoms with van der Waals surface area (Å²) >= 11 is 0. The van der Waals surface area contributed by atoms with Crippen molar-refractivity contribution in [1.82, 2.24) is 9.80 Å². The summed E-state index contributed by atoms with van der Waals surface area (Å²) in [5.74, 6) is 0.193. The molecule has 6 heteroatoms. The first kappa shape index (κ1) is 20.0. The van der Waals surface area contributed by atoms with Crippen LogP contribution in [0.3, 0.4) is 0 Å². The fraction of sp³-hybridized carbons (Fsp3) is 0.929. The molecule has 4 nitrogen and oxygen atoms in total. The van der Waals surface area contributed by atoms with Gasteiger partial charge in [-0.1, -0.05) is 6.92 Å². The fourth-order valence-electron chi connectivity index (χ4n) is 3.07. The maximum Gasteiger partial charge on any atom is 0.226 e. The highest BCUT2D eigenvalue weighted by molar-refractivity contribution is 5.85. The van der Waals surface area contributed by atoms with Crippen LogP contribution in [0.4, 0.5) is 0 Å². The summed E-state index contributed by atoms with van der Waals surface area (Å²) in [4.78, 5) is 16.8. The van der Waals surface area contributed by atoms with E-state index in [2.05, 4.69) is 4.90 Å². The highest BCUT2D eigenvalue weighted by Gasteiger charge is 2.30. The second kappa shape index (κ2) is 9.08. The van der Waals surface area contributed by atoms with Gasteiger partial charge in [0.05, 0.1) is 5.92 Å². The molecule has 2 aliphatic heterocycles. The number of carbonyl (C=O) groups is 1. The zero-order chi connectivity index (χ0) is 13.1. The third kappa shape index (κ3) is 4.76. The van der Waals surface area contributed by atoms with Crippen LogP contribution in [0.2, 0.25) is 0 Å². The Balaban J connectivity index is 0.00000180. The number of amides is 1. The molecule has 0 saturated carbocycles. The van der Waals surface area contributed by atoms with Crippen LogP contribution in [-0.2, 0) is 4.79 Å². The summed E-state index contributed by atoms with van der Waals surface area (Å²) in [5, 5.41) is 0. The number of hydrogen-bond acceptors (Lipinski definition) is 3. The van der Waals surface area contributed by atoms with Gasteiger partial charge in [-0.25, -0.2) is 0 Å². The Labute approximate surface area is 135 Å². The van der Waals surface area contributed by atoms with Crippen molar-refractivity contribution >= 4 is 30.7 Å². The Bertz CT molecular complexity index is 288. The monoisotopic (exact) mass is 325 g/mol. The lowest BCUT2D eigenvalue weighted by Crippen LogP contribution is -2.49. The summed E-state index contributed by atoms with van der Waals surface area (Å²) in [6, 6.07) is 0.663. The third-order valence-electron chi connectivity index (χ3n) is 4.61. The molecule has 0 aromatic heterocycles. The quantitative estimate of drug-likeness (QED) is 0.862. The maximum atomic E-state index is 12.2. The minimum Gasteiger partial charge on any atom is -0.342 e. The zero-order valence-corrected chi connectivity index (χ0v) is 14.2. The normalized spacial score (nSPS) is 23.6. The molecule has 2 heterocycles. The first-order chi connectivity index (χ1) is 8.59. The van der Waals surface area contributed by atoms with Crippen LogP contribution in [0.1, 0.15) is 39.5 Å². The van der Waals surface area contributed by atoms with Crippen molar-refractivity contribution in [2.75, 3.05) is 26.2 Å². The van der Waals surface area contributed by atoms with Crippen molar-refractivity contribution in [2.45, 2.75) is 51.6 Å². The molecule has 2 N–H and O–H groups in total. The predicted molar refractivity (Wildman–Crippen MR) is 87.7 cm³/mol. The average molecular weight is 326 g/mol. The highest BCUT2D eigenvalue weighted by atomic mass is 35.5. The minimum atomic E-state index is -0.0478. The topological polar surface area (TPSA) is 49.6 Å². The minimum absolute atomic E-state index is 0. The summed E-state index contributed by atoms with van der Waals surface area (Å²) in [6.07, 6.45) is 4.97. The molecule has 0 aromatic carbocycles. The van der Waals surface area contributed by atoms with Crippen LogP contribution in [-0.4, -0.2) is 54.0 Å². The summed E-state index contributed by atoms with van der Waals surface area (Å²) in [7, 11) is 0. The van der Waals surface area contributed by atoms with Gasteiger partial charge >= 0.3 is 0 Å². The maximum absolute atomic E-state index is 12.2. The van der Waals surface area contributed by atoms with Gasteiger partial charge in [0.15, 0.2) is 0 Å². The van der Waals surface area contributed by atoms with Crippen molar-refractivity contribution in [1.29, 1.82) is 0 Å². The van der Waals surface area contributed by atoms with E-state index in [1.54, 1.807) is 0 Å². The number of hydrogen-bond donors (Lipinski definition) is 1. The van der Waals surface area contributed by atoms with Crippen LogP contribution in [0.5, 0.6) is 0 Å². The molecule has 0 bridgehead atoms. The van der Waals surface area contributed by atoms with Crippen LogP contribution in [0, 0.1) is 5.92 Å². The molecule has 1 amide bonds. The van der Waals surface area contributed by atoms with Gasteiger partial charge in [0.25, 0.3) is 0 Å². The van der Waals surface area contributed by atoms with E-state index < -0.39 is 0 Å². The van der Waals surface area contributed by atoms with Gasteiger partial charge in [-0.15, -0.1) is 24.8 Å². The van der Waals surface area contributed by atoms with Gasteiger partial charge in [0, 0.05) is 25.2 Å². The van der Waals surface area contributed by atoms with Gasteiger partial charge in [-0.2, -0.15) is 0 Å². The number of likely N-dealkylation sites (tertiary alicyclic amines) is 2. The molecular formula is C14H29Cl2N3O. The third-order valence-corrected chi connectivity index (χ3v) is 4.61. The van der Waals surface area contributed by atoms with Crippen molar-refractivity contribution in [3.05, 3.63) is 0 Å². The van der Waals surface area contributed by atoms with Gasteiger partial charge in [-0.3, -0.25) is 4.79 Å². The van der Waals surface area contributed by atoms with Gasteiger partial charge in [0.1, 0.15) is 0 Å². The van der Waals surface area contributed by atoms with Gasteiger partial charge in [-0.05, 0) is 45.7 Å². The summed E-state index contributed by atoms with van der Waals surface area (Å²) in [6.45, 7) is 8.21. The van der Waals surface area contributed by atoms with E-state index in [-0.39, 0.29) is 42.7 Å². The van der Waals surface area contributed by atoms with Crippen LogP contribution in [0.25, 0.3) is 0 Å². The summed E-state index contributed by atoms with van der Waals surface area (Å²) < 4.78 is 0. The number of halogens is 2. The highest BCUT2D eigenvalue weighted by Crippen LogP contribution is 2.22. The Morgan fingerprint density at radius 3 is 2.00 bits per heavy atom. The molecule has 2 fully saturated rings. The lowest BCUT2D eigenvalue weighted by molar-refractivity contribution is -0.137. The van der Waals surface area contributed by atoms with Crippen molar-refractivity contribution in [3.8, 4) is 0 Å². The number of nitrogens with zero attached hydrogens (tertiary/aromatic N) is 2. The Hall–Kier alpha value is -0.0300. The zero-order valence-electron chi connectivity index (χ0n) is 12.6. The predicted octanol–water partition coefficient (Wildman–Crippen LogP) is 1.90. The van der Waals surface area contributed by atoms with Crippen LogP contribution < -0.4 is 5.73 Å². The molecule has 2 rings (SSSR count). The molecule has 2 aliphatic rings. The molecule has 2 unspecified atom stereocenters. The first-order valence-corrected chi connectivity index (χ1v) is 7.38. The van der Waals surface area contributed by atoms with Crippen LogP contribution >= 0.6 is 24.8 Å². The first-order valence-electron chi connectivity index (χ1n) is 7.38. The smallest absolute Gasteiger partial charge is 0.226 e. The number of nitrogens with two attached hydrogens (primary N) is 1. The molecule has 20 heavy (non-hydrogen) atoms. The van der Waals surface area contributed by atoms with Gasteiger partial charge < -0.3 is 15.5 Å². The van der Waals surface area contributed by atoms with Crippen LogP contribution in [0.15, 0.2) is 0 Å². The van der Waals surface area contributed by atoms with Crippen molar-refractivity contribution < 1.29 is 4.79 Å². The molecular weight excluding hydrogens is 297 g/mol. The molecule has 0 aromatic rings. The van der Waals surface area contributed by atoms with Crippen molar-refractivity contribution in [2.24, 2.45) is 11.7 Å². The second-order valence-electron chi connectivity index (χ2n) is 5.95. The molecule has 120 valence electrons. The SMILES string of the molecule is CC(N)C(C)C(=O)N1CCC(N2CCCC2)CC1.Cl.Cl. The average Bonchev–Trinajstić information content (AvgIpc) is 2.91. The second-order valence-corrected chi connectivity index (χ2v) is 5.95. The van der Waals surface area contributed by atoms with E-state index in [0.29, 0.717) is 6.04 Å². The molecule has 0 spiro atoms. The largest absolute Gasteiger partial charge is 0.342 e. The van der Waals surface area contributed by atoms with Crippen molar-refractivity contribution in [3.63, 3.8) is 0 Å². The van der Waals surface area contributed by atoms with E-state index in [4.69, 9.17) is 5.73 Å². The number of carbonyl (C=O) groups excluding carboxylic acids is 1. The van der Waals surface area contributed by atoms with E-state index in [1.807, 2.05) is 18.7 Å². The van der Waals surface area contributed by atoms with E-state index >= 15 is 0 Å². The lowest BCUT2D eigenvalue weighted by Gasteiger charge is -2.38. The molecule has 0 aliphatic carbocycles. The number of piperidine rings is 1. The van der Waals surface area contributed by atoms with Gasteiger partial charge in [0.2, 0.25) is 5.91 Å². The number of rotatable bonds is 3. The Kier molecular flexibility index (Phi) is 9.07.